The van der Waals surface area contributed by atoms with Gasteiger partial charge in [-0.25, -0.2) is 12.8 Å². The van der Waals surface area contributed by atoms with Crippen LogP contribution in [-0.2, 0) is 10.0 Å². The fourth-order valence-electron chi connectivity index (χ4n) is 2.34. The third kappa shape index (κ3) is 4.48. The molecule has 0 aliphatic rings. The fraction of sp³-hybridized carbons (Fsp3) is 0.0526. The van der Waals surface area contributed by atoms with Gasteiger partial charge in [-0.2, -0.15) is 0 Å². The first-order valence-corrected chi connectivity index (χ1v) is 9.44. The molecule has 0 bridgehead atoms. The zero-order valence-electron chi connectivity index (χ0n) is 14.3. The number of nitrogens with zero attached hydrogens (tertiary/aromatic N) is 1. The second-order valence-corrected chi connectivity index (χ2v) is 7.46. The van der Waals surface area contributed by atoms with Gasteiger partial charge in [0.15, 0.2) is 0 Å². The number of benzene rings is 2. The molecule has 0 saturated heterocycles. The Bertz CT molecular complexity index is 1070. The number of anilines is 2. The zero-order valence-corrected chi connectivity index (χ0v) is 15.1. The predicted octanol–water partition coefficient (Wildman–Crippen LogP) is 3.58. The third-order valence-electron chi connectivity index (χ3n) is 3.81. The Kier molecular flexibility index (Phi) is 5.18. The molecule has 2 N–H and O–H groups in total. The van der Waals surface area contributed by atoms with Gasteiger partial charge in [0.25, 0.3) is 15.9 Å². The first-order valence-electron chi connectivity index (χ1n) is 7.95. The van der Waals surface area contributed by atoms with Crippen molar-refractivity contribution in [1.82, 2.24) is 4.98 Å². The molecule has 1 heterocycles. The molecule has 27 heavy (non-hydrogen) atoms. The van der Waals surface area contributed by atoms with Gasteiger partial charge in [-0.3, -0.25) is 14.5 Å². The number of pyridine rings is 1. The number of hydrogen-bond acceptors (Lipinski definition) is 4. The van der Waals surface area contributed by atoms with Crippen LogP contribution in [0.1, 0.15) is 15.9 Å². The number of aryl methyl sites for hydroxylation is 1. The molecule has 8 heteroatoms. The smallest absolute Gasteiger partial charge is 0.261 e. The van der Waals surface area contributed by atoms with E-state index in [-0.39, 0.29) is 10.5 Å². The van der Waals surface area contributed by atoms with Crippen LogP contribution in [0.2, 0.25) is 0 Å². The van der Waals surface area contributed by atoms with Crippen molar-refractivity contribution in [3.8, 4) is 0 Å². The Hall–Kier alpha value is -3.26. The lowest BCUT2D eigenvalue weighted by Crippen LogP contribution is -2.15. The Morgan fingerprint density at radius 1 is 1.00 bits per heavy atom. The van der Waals surface area contributed by atoms with Gasteiger partial charge in [-0.15, -0.1) is 0 Å². The zero-order chi connectivity index (χ0) is 19.4. The van der Waals surface area contributed by atoms with E-state index in [1.54, 1.807) is 13.0 Å². The van der Waals surface area contributed by atoms with E-state index in [9.17, 15) is 17.6 Å². The van der Waals surface area contributed by atoms with Crippen LogP contribution in [0.25, 0.3) is 0 Å². The molecule has 0 radical (unpaired) electrons. The maximum absolute atomic E-state index is 13.3. The van der Waals surface area contributed by atoms with E-state index < -0.39 is 21.7 Å². The molecule has 0 atom stereocenters. The van der Waals surface area contributed by atoms with Gasteiger partial charge in [0, 0.05) is 23.6 Å². The van der Waals surface area contributed by atoms with Gasteiger partial charge in [-0.05, 0) is 61.0 Å². The monoisotopic (exact) mass is 385 g/mol. The average Bonchev–Trinajstić information content (AvgIpc) is 2.65. The van der Waals surface area contributed by atoms with Crippen molar-refractivity contribution in [3.05, 3.63) is 83.9 Å². The van der Waals surface area contributed by atoms with E-state index in [1.807, 2.05) is 0 Å². The number of rotatable bonds is 5. The highest BCUT2D eigenvalue weighted by Crippen LogP contribution is 2.19. The molecule has 0 fully saturated rings. The molecule has 0 aliphatic heterocycles. The maximum Gasteiger partial charge on any atom is 0.261 e. The summed E-state index contributed by atoms with van der Waals surface area (Å²) in [4.78, 5) is 16.2. The molecule has 3 rings (SSSR count). The second kappa shape index (κ2) is 7.55. The van der Waals surface area contributed by atoms with Gasteiger partial charge in [0.05, 0.1) is 10.6 Å². The Morgan fingerprint density at radius 3 is 2.33 bits per heavy atom. The van der Waals surface area contributed by atoms with Crippen molar-refractivity contribution in [3.63, 3.8) is 0 Å². The van der Waals surface area contributed by atoms with Gasteiger partial charge < -0.3 is 5.32 Å². The van der Waals surface area contributed by atoms with Gasteiger partial charge in [-0.1, -0.05) is 6.07 Å². The molecule has 0 spiro atoms. The fourth-order valence-corrected chi connectivity index (χ4v) is 3.40. The van der Waals surface area contributed by atoms with Crippen LogP contribution >= 0.6 is 0 Å². The topological polar surface area (TPSA) is 88.2 Å². The van der Waals surface area contributed by atoms with Crippen molar-refractivity contribution in [2.24, 2.45) is 0 Å². The number of nitrogens with one attached hydrogen (secondary N) is 2. The third-order valence-corrected chi connectivity index (χ3v) is 5.20. The summed E-state index contributed by atoms with van der Waals surface area (Å²) >= 11 is 0. The molecular weight excluding hydrogens is 369 g/mol. The SMILES string of the molecule is Cc1ccc(F)cc1NC(=O)c1ccc(S(=O)(=O)Nc2ccncc2)cc1. The number of carbonyl (C=O) groups is 1. The van der Waals surface area contributed by atoms with Crippen LogP contribution in [0.3, 0.4) is 0 Å². The minimum Gasteiger partial charge on any atom is -0.322 e. The highest BCUT2D eigenvalue weighted by Gasteiger charge is 2.15. The van der Waals surface area contributed by atoms with E-state index in [0.717, 1.165) is 0 Å². The minimum absolute atomic E-state index is 0.0119. The largest absolute Gasteiger partial charge is 0.322 e. The van der Waals surface area contributed by atoms with E-state index >= 15 is 0 Å². The summed E-state index contributed by atoms with van der Waals surface area (Å²) in [5, 5.41) is 2.61. The number of carbonyl (C=O) groups excluding carboxylic acids is 1. The number of aromatic nitrogens is 1. The summed E-state index contributed by atoms with van der Waals surface area (Å²) in [6.07, 6.45) is 2.94. The van der Waals surface area contributed by atoms with Crippen LogP contribution in [-0.4, -0.2) is 19.3 Å². The van der Waals surface area contributed by atoms with Crippen molar-refractivity contribution >= 4 is 27.3 Å². The Labute approximate surface area is 156 Å². The van der Waals surface area contributed by atoms with Gasteiger partial charge in [0.1, 0.15) is 5.82 Å². The standard InChI is InChI=1S/C19H16FN3O3S/c1-13-2-5-15(20)12-18(13)22-19(24)14-3-6-17(7-4-14)27(25,26)23-16-8-10-21-11-9-16/h2-12H,1H3,(H,21,23)(H,22,24). The molecule has 1 aromatic heterocycles. The van der Waals surface area contributed by atoms with E-state index in [1.165, 1.54) is 60.9 Å². The molecule has 1 amide bonds. The predicted molar refractivity (Wildman–Crippen MR) is 101 cm³/mol. The molecule has 6 nitrogen and oxygen atoms in total. The first-order chi connectivity index (χ1) is 12.8. The summed E-state index contributed by atoms with van der Waals surface area (Å²) in [5.41, 5.74) is 1.71. The van der Waals surface area contributed by atoms with Crippen LogP contribution in [0.15, 0.2) is 71.9 Å². The molecule has 3 aromatic rings. The van der Waals surface area contributed by atoms with Gasteiger partial charge >= 0.3 is 0 Å². The molecule has 0 aliphatic carbocycles. The minimum atomic E-state index is -3.79. The molecule has 0 unspecified atom stereocenters. The van der Waals surface area contributed by atoms with Crippen LogP contribution in [0.5, 0.6) is 0 Å². The summed E-state index contributed by atoms with van der Waals surface area (Å²) < 4.78 is 40.5. The van der Waals surface area contributed by atoms with Crippen molar-refractivity contribution in [1.29, 1.82) is 0 Å². The number of hydrogen-bond donors (Lipinski definition) is 2. The molecular formula is C19H16FN3O3S. The summed E-state index contributed by atoms with van der Waals surface area (Å²) in [7, 11) is -3.79. The molecule has 2 aromatic carbocycles. The van der Waals surface area contributed by atoms with Crippen molar-refractivity contribution in [2.75, 3.05) is 10.0 Å². The Balaban J connectivity index is 1.76. The lowest BCUT2D eigenvalue weighted by Gasteiger charge is -2.10. The van der Waals surface area contributed by atoms with E-state index in [2.05, 4.69) is 15.0 Å². The second-order valence-electron chi connectivity index (χ2n) is 5.78. The lowest BCUT2D eigenvalue weighted by molar-refractivity contribution is 0.102. The van der Waals surface area contributed by atoms with Crippen LogP contribution < -0.4 is 10.0 Å². The molecule has 0 saturated carbocycles. The Morgan fingerprint density at radius 2 is 1.67 bits per heavy atom. The van der Waals surface area contributed by atoms with E-state index in [0.29, 0.717) is 16.9 Å². The lowest BCUT2D eigenvalue weighted by atomic mass is 10.1. The maximum atomic E-state index is 13.3. The van der Waals surface area contributed by atoms with E-state index in [4.69, 9.17) is 0 Å². The van der Waals surface area contributed by atoms with Gasteiger partial charge in [0.2, 0.25) is 0 Å². The normalized spacial score (nSPS) is 11.0. The first kappa shape index (κ1) is 18.5. The summed E-state index contributed by atoms with van der Waals surface area (Å²) in [6, 6.07) is 12.6. The number of sulfonamides is 1. The number of amides is 1. The van der Waals surface area contributed by atoms with Crippen LogP contribution in [0.4, 0.5) is 15.8 Å². The van der Waals surface area contributed by atoms with Crippen molar-refractivity contribution in [2.45, 2.75) is 11.8 Å². The quantitative estimate of drug-likeness (QED) is 0.703. The highest BCUT2D eigenvalue weighted by atomic mass is 32.2. The summed E-state index contributed by atoms with van der Waals surface area (Å²) in [5.74, 6) is -0.922. The number of halogens is 1. The van der Waals surface area contributed by atoms with Crippen molar-refractivity contribution < 1.29 is 17.6 Å². The average molecular weight is 385 g/mol. The van der Waals surface area contributed by atoms with Crippen LogP contribution in [0, 0.1) is 12.7 Å². The summed E-state index contributed by atoms with van der Waals surface area (Å²) in [6.45, 7) is 1.75. The molecule has 138 valence electrons. The highest BCUT2D eigenvalue weighted by molar-refractivity contribution is 7.92.